The SMILES string of the molecule is N#Cc1sc(C(=O)N[C@H]2CN3CCC2CC3)cc1-c1ccccc1. The molecule has 0 spiro atoms. The Hall–Kier alpha value is -2.16. The highest BCUT2D eigenvalue weighted by molar-refractivity contribution is 7.15. The molecule has 24 heavy (non-hydrogen) atoms. The summed E-state index contributed by atoms with van der Waals surface area (Å²) >= 11 is 1.28. The van der Waals surface area contributed by atoms with E-state index in [9.17, 15) is 10.1 Å². The first kappa shape index (κ1) is 15.4. The number of piperidine rings is 3. The van der Waals surface area contributed by atoms with Crippen molar-refractivity contribution in [3.05, 3.63) is 46.2 Å². The lowest BCUT2D eigenvalue weighted by molar-refractivity contribution is 0.0622. The summed E-state index contributed by atoms with van der Waals surface area (Å²) in [4.78, 5) is 16.3. The molecule has 0 radical (unpaired) electrons. The second kappa shape index (κ2) is 6.39. The normalized spacial score (nSPS) is 25.2. The lowest BCUT2D eigenvalue weighted by Gasteiger charge is -2.44. The summed E-state index contributed by atoms with van der Waals surface area (Å²) in [6.45, 7) is 3.28. The Balaban J connectivity index is 1.55. The van der Waals surface area contributed by atoms with Crippen molar-refractivity contribution >= 4 is 17.2 Å². The van der Waals surface area contributed by atoms with Crippen LogP contribution in [0.4, 0.5) is 0 Å². The quantitative estimate of drug-likeness (QED) is 0.936. The van der Waals surface area contributed by atoms with Crippen LogP contribution in [0.2, 0.25) is 0 Å². The number of rotatable bonds is 3. The number of nitriles is 1. The van der Waals surface area contributed by atoms with E-state index in [2.05, 4.69) is 16.3 Å². The zero-order valence-corrected chi connectivity index (χ0v) is 14.2. The van der Waals surface area contributed by atoms with Crippen molar-refractivity contribution in [3.8, 4) is 17.2 Å². The lowest BCUT2D eigenvalue weighted by atomic mass is 9.84. The van der Waals surface area contributed by atoms with Crippen molar-refractivity contribution in [1.82, 2.24) is 10.2 Å². The van der Waals surface area contributed by atoms with Crippen molar-refractivity contribution < 1.29 is 4.79 Å². The second-order valence-electron chi connectivity index (χ2n) is 6.55. The van der Waals surface area contributed by atoms with E-state index >= 15 is 0 Å². The number of thiophene rings is 1. The van der Waals surface area contributed by atoms with Crippen LogP contribution in [-0.4, -0.2) is 36.5 Å². The first-order valence-corrected chi connectivity index (χ1v) is 9.19. The fourth-order valence-corrected chi connectivity index (χ4v) is 4.67. The Morgan fingerprint density at radius 2 is 2.00 bits per heavy atom. The smallest absolute Gasteiger partial charge is 0.261 e. The standard InChI is InChI=1S/C19H19N3OS/c20-11-18-15(13-4-2-1-3-5-13)10-17(24-18)19(23)21-16-12-22-8-6-14(16)7-9-22/h1-5,10,14,16H,6-9,12H2,(H,21,23)/t16-/m0/s1. The number of hydrogen-bond donors (Lipinski definition) is 1. The van der Waals surface area contributed by atoms with E-state index in [4.69, 9.17) is 0 Å². The second-order valence-corrected chi connectivity index (χ2v) is 7.60. The molecule has 2 bridgehead atoms. The monoisotopic (exact) mass is 337 g/mol. The fraction of sp³-hybridized carbons (Fsp3) is 0.368. The zero-order chi connectivity index (χ0) is 16.5. The van der Waals surface area contributed by atoms with Gasteiger partial charge in [-0.15, -0.1) is 11.3 Å². The highest BCUT2D eigenvalue weighted by atomic mass is 32.1. The number of benzene rings is 1. The molecule has 1 N–H and O–H groups in total. The summed E-state index contributed by atoms with van der Waals surface area (Å²) in [5.41, 5.74) is 1.83. The van der Waals surface area contributed by atoms with Gasteiger partial charge in [0, 0.05) is 18.2 Å². The third-order valence-electron chi connectivity index (χ3n) is 5.11. The van der Waals surface area contributed by atoms with Crippen LogP contribution in [0.1, 0.15) is 27.4 Å². The summed E-state index contributed by atoms with van der Waals surface area (Å²) in [6, 6.07) is 14.1. The highest BCUT2D eigenvalue weighted by Crippen LogP contribution is 2.32. The van der Waals surface area contributed by atoms with Gasteiger partial charge in [-0.3, -0.25) is 4.79 Å². The Morgan fingerprint density at radius 1 is 1.25 bits per heavy atom. The molecule has 5 heteroatoms. The molecule has 2 aromatic rings. The molecule has 5 rings (SSSR count). The van der Waals surface area contributed by atoms with Crippen molar-refractivity contribution in [2.24, 2.45) is 5.92 Å². The van der Waals surface area contributed by atoms with E-state index in [1.165, 1.54) is 24.2 Å². The summed E-state index contributed by atoms with van der Waals surface area (Å²) in [6.07, 6.45) is 2.35. The van der Waals surface area contributed by atoms with Crippen molar-refractivity contribution in [2.45, 2.75) is 18.9 Å². The predicted molar refractivity (Wildman–Crippen MR) is 94.9 cm³/mol. The molecule has 3 saturated heterocycles. The maximum atomic E-state index is 12.7. The number of amides is 1. The van der Waals surface area contributed by atoms with Crippen molar-refractivity contribution in [1.29, 1.82) is 5.26 Å². The van der Waals surface area contributed by atoms with Gasteiger partial charge in [-0.1, -0.05) is 30.3 Å². The van der Waals surface area contributed by atoms with Crippen LogP contribution in [0, 0.1) is 17.2 Å². The van der Waals surface area contributed by atoms with Gasteiger partial charge in [-0.2, -0.15) is 5.26 Å². The van der Waals surface area contributed by atoms with E-state index in [0.717, 1.165) is 30.8 Å². The third kappa shape index (κ3) is 2.83. The number of nitrogens with one attached hydrogen (secondary N) is 1. The number of hydrogen-bond acceptors (Lipinski definition) is 4. The maximum absolute atomic E-state index is 12.7. The van der Waals surface area contributed by atoms with E-state index < -0.39 is 0 Å². The molecular weight excluding hydrogens is 318 g/mol. The topological polar surface area (TPSA) is 56.1 Å². The van der Waals surface area contributed by atoms with Crippen LogP contribution in [0.25, 0.3) is 11.1 Å². The Kier molecular flexibility index (Phi) is 4.09. The molecule has 1 aromatic heterocycles. The van der Waals surface area contributed by atoms with Gasteiger partial charge in [0.05, 0.1) is 4.88 Å². The molecule has 3 aliphatic rings. The van der Waals surface area contributed by atoms with Crippen LogP contribution in [-0.2, 0) is 0 Å². The van der Waals surface area contributed by atoms with Gasteiger partial charge in [0.1, 0.15) is 10.9 Å². The van der Waals surface area contributed by atoms with Crippen molar-refractivity contribution in [2.75, 3.05) is 19.6 Å². The third-order valence-corrected chi connectivity index (χ3v) is 6.15. The van der Waals surface area contributed by atoms with E-state index in [1.54, 1.807) is 0 Å². The Morgan fingerprint density at radius 3 is 2.62 bits per heavy atom. The number of carbonyl (C=O) groups is 1. The molecule has 122 valence electrons. The van der Waals surface area contributed by atoms with Crippen LogP contribution in [0.3, 0.4) is 0 Å². The molecule has 1 atom stereocenters. The van der Waals surface area contributed by atoms with Gasteiger partial charge in [0.25, 0.3) is 5.91 Å². The van der Waals surface area contributed by atoms with E-state index in [-0.39, 0.29) is 11.9 Å². The Bertz CT molecular complexity index is 785. The molecule has 4 nitrogen and oxygen atoms in total. The minimum atomic E-state index is -0.0440. The van der Waals surface area contributed by atoms with E-state index in [1.807, 2.05) is 36.4 Å². The highest BCUT2D eigenvalue weighted by Gasteiger charge is 2.35. The molecule has 4 heterocycles. The van der Waals surface area contributed by atoms with Crippen LogP contribution >= 0.6 is 11.3 Å². The predicted octanol–water partition coefficient (Wildman–Crippen LogP) is 3.11. The summed E-state index contributed by atoms with van der Waals surface area (Å²) < 4.78 is 0. The minimum absolute atomic E-state index is 0.0440. The summed E-state index contributed by atoms with van der Waals surface area (Å²) in [7, 11) is 0. The minimum Gasteiger partial charge on any atom is -0.347 e. The molecule has 0 aliphatic carbocycles. The van der Waals surface area contributed by atoms with Gasteiger partial charge in [0.2, 0.25) is 0 Å². The zero-order valence-electron chi connectivity index (χ0n) is 13.4. The van der Waals surface area contributed by atoms with Gasteiger partial charge in [0.15, 0.2) is 0 Å². The molecule has 0 saturated carbocycles. The largest absolute Gasteiger partial charge is 0.347 e. The molecule has 1 amide bonds. The van der Waals surface area contributed by atoms with Gasteiger partial charge >= 0.3 is 0 Å². The van der Waals surface area contributed by atoms with Gasteiger partial charge in [-0.05, 0) is 43.5 Å². The lowest BCUT2D eigenvalue weighted by Crippen LogP contribution is -2.57. The van der Waals surface area contributed by atoms with Crippen LogP contribution < -0.4 is 5.32 Å². The fourth-order valence-electron chi connectivity index (χ4n) is 3.79. The van der Waals surface area contributed by atoms with E-state index in [0.29, 0.717) is 15.7 Å². The Labute approximate surface area is 145 Å². The number of fused-ring (bicyclic) bond motifs is 3. The molecule has 1 aromatic carbocycles. The average Bonchev–Trinajstić information content (AvgIpc) is 3.08. The molecule has 0 unspecified atom stereocenters. The van der Waals surface area contributed by atoms with Gasteiger partial charge in [-0.25, -0.2) is 0 Å². The number of nitrogens with zero attached hydrogens (tertiary/aromatic N) is 2. The molecule has 3 fully saturated rings. The average molecular weight is 337 g/mol. The maximum Gasteiger partial charge on any atom is 0.261 e. The summed E-state index contributed by atoms with van der Waals surface area (Å²) in [5.74, 6) is 0.556. The summed E-state index contributed by atoms with van der Waals surface area (Å²) in [5, 5.41) is 12.6. The van der Waals surface area contributed by atoms with Crippen LogP contribution in [0.5, 0.6) is 0 Å². The van der Waals surface area contributed by atoms with Crippen molar-refractivity contribution in [3.63, 3.8) is 0 Å². The first-order chi connectivity index (χ1) is 11.7. The van der Waals surface area contributed by atoms with Gasteiger partial charge < -0.3 is 10.2 Å². The molecular formula is C19H19N3OS. The first-order valence-electron chi connectivity index (χ1n) is 8.37. The molecule has 3 aliphatic heterocycles. The number of carbonyl (C=O) groups excluding carboxylic acids is 1. The van der Waals surface area contributed by atoms with Crippen LogP contribution in [0.15, 0.2) is 36.4 Å².